The number of urea groups is 1. The number of anilines is 1. The molecule has 2 atom stereocenters. The minimum absolute atomic E-state index is 0.110. The molecule has 0 bridgehead atoms. The monoisotopic (exact) mass is 304 g/mol. The largest absolute Gasteiger partial charge is 0.348 e. The maximum atomic E-state index is 12.4. The maximum Gasteiger partial charge on any atom is 0.321 e. The Morgan fingerprint density at radius 1 is 1.32 bits per heavy atom. The molecule has 3 amide bonds. The molecule has 1 aliphatic heterocycles. The summed E-state index contributed by atoms with van der Waals surface area (Å²) >= 11 is 0. The first kappa shape index (κ1) is 16.3. The normalized spacial score (nSPS) is 21.0. The van der Waals surface area contributed by atoms with Gasteiger partial charge in [0.1, 0.15) is 0 Å². The van der Waals surface area contributed by atoms with Gasteiger partial charge in [-0.2, -0.15) is 0 Å². The summed E-state index contributed by atoms with van der Waals surface area (Å²) in [6.45, 7) is 3.08. The van der Waals surface area contributed by atoms with Gasteiger partial charge < -0.3 is 20.9 Å². The molecule has 0 spiro atoms. The number of nitrogens with zero attached hydrogens (tertiary/aromatic N) is 1. The van der Waals surface area contributed by atoms with E-state index < -0.39 is 0 Å². The van der Waals surface area contributed by atoms with Crippen LogP contribution < -0.4 is 16.0 Å². The Labute approximate surface area is 131 Å². The summed E-state index contributed by atoms with van der Waals surface area (Å²) < 4.78 is 0. The summed E-state index contributed by atoms with van der Waals surface area (Å²) in [4.78, 5) is 25.5. The van der Waals surface area contributed by atoms with Gasteiger partial charge in [0.25, 0.3) is 5.91 Å². The highest BCUT2D eigenvalue weighted by Crippen LogP contribution is 2.13. The van der Waals surface area contributed by atoms with Crippen LogP contribution in [-0.2, 0) is 0 Å². The van der Waals surface area contributed by atoms with Gasteiger partial charge in [-0.1, -0.05) is 6.07 Å². The van der Waals surface area contributed by atoms with Crippen molar-refractivity contribution in [3.05, 3.63) is 29.8 Å². The second-order valence-electron chi connectivity index (χ2n) is 5.87. The quantitative estimate of drug-likeness (QED) is 0.795. The summed E-state index contributed by atoms with van der Waals surface area (Å²) in [5, 5.41) is 9.17. The van der Waals surface area contributed by atoms with Crippen molar-refractivity contribution >= 4 is 17.6 Å². The van der Waals surface area contributed by atoms with E-state index in [1.807, 2.05) is 0 Å². The van der Waals surface area contributed by atoms with E-state index in [1.54, 1.807) is 38.4 Å². The van der Waals surface area contributed by atoms with Gasteiger partial charge in [-0.25, -0.2) is 4.79 Å². The molecular weight excluding hydrogens is 280 g/mol. The number of piperidine rings is 1. The van der Waals surface area contributed by atoms with E-state index in [0.717, 1.165) is 19.4 Å². The summed E-state index contributed by atoms with van der Waals surface area (Å²) in [6, 6.07) is 7.17. The third-order valence-electron chi connectivity index (χ3n) is 3.86. The fourth-order valence-corrected chi connectivity index (χ4v) is 2.47. The van der Waals surface area contributed by atoms with Gasteiger partial charge in [0.05, 0.1) is 0 Å². The van der Waals surface area contributed by atoms with E-state index >= 15 is 0 Å². The number of benzene rings is 1. The summed E-state index contributed by atoms with van der Waals surface area (Å²) in [5.41, 5.74) is 1.16. The van der Waals surface area contributed by atoms with Crippen LogP contribution in [0.5, 0.6) is 0 Å². The first-order chi connectivity index (χ1) is 10.5. The third kappa shape index (κ3) is 4.21. The number of amides is 3. The highest BCUT2D eigenvalue weighted by atomic mass is 16.2. The van der Waals surface area contributed by atoms with E-state index in [0.29, 0.717) is 11.3 Å². The lowest BCUT2D eigenvalue weighted by Crippen LogP contribution is -2.51. The van der Waals surface area contributed by atoms with Gasteiger partial charge in [-0.15, -0.1) is 0 Å². The number of hydrogen-bond acceptors (Lipinski definition) is 3. The molecule has 1 heterocycles. The van der Waals surface area contributed by atoms with Gasteiger partial charge in [0.15, 0.2) is 0 Å². The van der Waals surface area contributed by atoms with Crippen LogP contribution in [0.1, 0.15) is 30.1 Å². The lowest BCUT2D eigenvalue weighted by atomic mass is 9.99. The average Bonchev–Trinajstić information content (AvgIpc) is 2.49. The van der Waals surface area contributed by atoms with Crippen LogP contribution in [0, 0.1) is 0 Å². The Morgan fingerprint density at radius 2 is 2.09 bits per heavy atom. The molecule has 22 heavy (non-hydrogen) atoms. The molecule has 120 valence electrons. The molecule has 3 N–H and O–H groups in total. The maximum absolute atomic E-state index is 12.4. The highest BCUT2D eigenvalue weighted by Gasteiger charge is 2.22. The molecule has 1 aromatic rings. The Bertz CT molecular complexity index is 545. The first-order valence-corrected chi connectivity index (χ1v) is 7.60. The second kappa shape index (κ2) is 7.26. The molecule has 1 saturated heterocycles. The molecule has 0 aromatic heterocycles. The summed E-state index contributed by atoms with van der Waals surface area (Å²) in [5.74, 6) is -0.110. The van der Waals surface area contributed by atoms with Crippen LogP contribution in [-0.4, -0.2) is 49.6 Å². The van der Waals surface area contributed by atoms with Crippen molar-refractivity contribution in [3.8, 4) is 0 Å². The lowest BCUT2D eigenvalue weighted by Gasteiger charge is -2.30. The van der Waals surface area contributed by atoms with Crippen LogP contribution in [0.4, 0.5) is 10.5 Å². The molecule has 0 aliphatic carbocycles. The molecule has 6 heteroatoms. The summed E-state index contributed by atoms with van der Waals surface area (Å²) in [6.07, 6.45) is 2.05. The van der Waals surface area contributed by atoms with Crippen molar-refractivity contribution in [2.75, 3.05) is 26.0 Å². The van der Waals surface area contributed by atoms with Gasteiger partial charge in [-0.3, -0.25) is 4.79 Å². The molecule has 2 rings (SSSR count). The van der Waals surface area contributed by atoms with Gasteiger partial charge >= 0.3 is 6.03 Å². The van der Waals surface area contributed by atoms with Crippen molar-refractivity contribution in [1.29, 1.82) is 0 Å². The molecule has 1 aliphatic rings. The van der Waals surface area contributed by atoms with Gasteiger partial charge in [0.2, 0.25) is 0 Å². The second-order valence-corrected chi connectivity index (χ2v) is 5.87. The zero-order valence-electron chi connectivity index (χ0n) is 13.3. The van der Waals surface area contributed by atoms with E-state index in [-0.39, 0.29) is 24.0 Å². The minimum atomic E-state index is -0.220. The van der Waals surface area contributed by atoms with Crippen molar-refractivity contribution in [1.82, 2.24) is 15.5 Å². The van der Waals surface area contributed by atoms with Crippen LogP contribution in [0.25, 0.3) is 0 Å². The van der Waals surface area contributed by atoms with Crippen LogP contribution in [0.3, 0.4) is 0 Å². The molecule has 0 saturated carbocycles. The zero-order valence-corrected chi connectivity index (χ0v) is 13.3. The fourth-order valence-electron chi connectivity index (χ4n) is 2.47. The average molecular weight is 304 g/mol. The molecule has 0 radical (unpaired) electrons. The minimum Gasteiger partial charge on any atom is -0.348 e. The van der Waals surface area contributed by atoms with Crippen molar-refractivity contribution < 1.29 is 9.59 Å². The number of carbonyl (C=O) groups excluding carboxylic acids is 2. The highest BCUT2D eigenvalue weighted by molar-refractivity contribution is 5.97. The Kier molecular flexibility index (Phi) is 5.38. The van der Waals surface area contributed by atoms with E-state index in [4.69, 9.17) is 0 Å². The molecule has 2 unspecified atom stereocenters. The van der Waals surface area contributed by atoms with E-state index in [9.17, 15) is 9.59 Å². The Morgan fingerprint density at radius 3 is 2.77 bits per heavy atom. The Hall–Kier alpha value is -2.08. The third-order valence-corrected chi connectivity index (χ3v) is 3.86. The fraction of sp³-hybridized carbons (Fsp3) is 0.500. The number of hydrogen-bond donors (Lipinski definition) is 3. The molecule has 1 fully saturated rings. The smallest absolute Gasteiger partial charge is 0.321 e. The molecule has 6 nitrogen and oxygen atoms in total. The number of carbonyl (C=O) groups is 2. The molecular formula is C16H24N4O2. The topological polar surface area (TPSA) is 73.5 Å². The van der Waals surface area contributed by atoms with Crippen LogP contribution >= 0.6 is 0 Å². The summed E-state index contributed by atoms with van der Waals surface area (Å²) in [7, 11) is 3.34. The van der Waals surface area contributed by atoms with Gasteiger partial charge in [-0.05, 0) is 44.5 Å². The van der Waals surface area contributed by atoms with Crippen LogP contribution in [0.15, 0.2) is 24.3 Å². The van der Waals surface area contributed by atoms with Crippen LogP contribution in [0.2, 0.25) is 0 Å². The lowest BCUT2D eigenvalue weighted by molar-refractivity contribution is 0.0920. The Balaban J connectivity index is 2.02. The SMILES string of the molecule is CC1NCCCC1NC(=O)c1cccc(NC(=O)N(C)C)c1. The predicted molar refractivity (Wildman–Crippen MR) is 87.1 cm³/mol. The first-order valence-electron chi connectivity index (χ1n) is 7.60. The number of nitrogens with one attached hydrogen (secondary N) is 3. The zero-order chi connectivity index (χ0) is 16.1. The predicted octanol–water partition coefficient (Wildman–Crippen LogP) is 1.65. The van der Waals surface area contributed by atoms with Crippen molar-refractivity contribution in [2.24, 2.45) is 0 Å². The van der Waals surface area contributed by atoms with E-state index in [2.05, 4.69) is 22.9 Å². The van der Waals surface area contributed by atoms with Crippen molar-refractivity contribution in [3.63, 3.8) is 0 Å². The number of rotatable bonds is 3. The standard InChI is InChI=1S/C16H24N4O2/c1-11-14(8-5-9-17-11)19-15(21)12-6-4-7-13(10-12)18-16(22)20(2)3/h4,6-7,10-11,14,17H,5,8-9H2,1-3H3,(H,18,22)(H,19,21). The van der Waals surface area contributed by atoms with Crippen molar-refractivity contribution in [2.45, 2.75) is 31.8 Å². The van der Waals surface area contributed by atoms with Gasteiger partial charge in [0, 0.05) is 37.4 Å². The van der Waals surface area contributed by atoms with E-state index in [1.165, 1.54) is 4.90 Å². The molecule has 1 aromatic carbocycles.